The van der Waals surface area contributed by atoms with E-state index in [1.165, 1.54) is 12.1 Å². The Labute approximate surface area is 152 Å². The Kier molecular flexibility index (Phi) is 4.77. The zero-order chi connectivity index (χ0) is 17.9. The maximum atomic E-state index is 13.1. The van der Waals surface area contributed by atoms with E-state index in [0.29, 0.717) is 0 Å². The number of hydrogen-bond donors (Lipinski definition) is 1. The van der Waals surface area contributed by atoms with Crippen molar-refractivity contribution in [1.29, 1.82) is 0 Å². The van der Waals surface area contributed by atoms with Crippen LogP contribution in [0.15, 0.2) is 54.9 Å². The third-order valence-electron chi connectivity index (χ3n) is 4.90. The van der Waals surface area contributed by atoms with E-state index in [2.05, 4.69) is 26.8 Å². The van der Waals surface area contributed by atoms with Gasteiger partial charge in [-0.15, -0.1) is 0 Å². The van der Waals surface area contributed by atoms with Gasteiger partial charge in [-0.1, -0.05) is 6.07 Å². The molecule has 1 aliphatic heterocycles. The van der Waals surface area contributed by atoms with Gasteiger partial charge < -0.3 is 4.98 Å². The highest BCUT2D eigenvalue weighted by Gasteiger charge is 2.27. The molecule has 0 amide bonds. The fourth-order valence-corrected chi connectivity index (χ4v) is 3.41. The predicted molar refractivity (Wildman–Crippen MR) is 98.9 cm³/mol. The van der Waals surface area contributed by atoms with E-state index < -0.39 is 0 Å². The van der Waals surface area contributed by atoms with Crippen LogP contribution in [0, 0.1) is 5.82 Å². The van der Waals surface area contributed by atoms with Crippen molar-refractivity contribution in [3.05, 3.63) is 72.2 Å². The number of benzene rings is 1. The summed E-state index contributed by atoms with van der Waals surface area (Å²) in [6.07, 6.45) is 3.67. The Morgan fingerprint density at radius 1 is 1.15 bits per heavy atom. The minimum Gasteiger partial charge on any atom is -0.347 e. The SMILES string of the molecule is CN1CCN(Cc2cccc(-c3ccc(F)cc3)n2)CC1c1ncc[nH]1. The van der Waals surface area contributed by atoms with Crippen molar-refractivity contribution in [3.63, 3.8) is 0 Å². The summed E-state index contributed by atoms with van der Waals surface area (Å²) < 4.78 is 13.1. The molecule has 3 heterocycles. The topological polar surface area (TPSA) is 48.1 Å². The summed E-state index contributed by atoms with van der Waals surface area (Å²) in [5.74, 6) is 0.775. The summed E-state index contributed by atoms with van der Waals surface area (Å²) in [6, 6.07) is 12.8. The number of pyridine rings is 1. The molecule has 2 aromatic heterocycles. The van der Waals surface area contributed by atoms with Crippen molar-refractivity contribution in [1.82, 2.24) is 24.8 Å². The molecule has 1 N–H and O–H groups in total. The first kappa shape index (κ1) is 16.9. The fraction of sp³-hybridized carbons (Fsp3) is 0.300. The van der Waals surface area contributed by atoms with Crippen molar-refractivity contribution in [2.45, 2.75) is 12.6 Å². The van der Waals surface area contributed by atoms with Gasteiger partial charge in [-0.2, -0.15) is 0 Å². The second-order valence-electron chi connectivity index (χ2n) is 6.73. The number of aromatic nitrogens is 3. The maximum absolute atomic E-state index is 13.1. The summed E-state index contributed by atoms with van der Waals surface area (Å²) in [7, 11) is 2.14. The highest BCUT2D eigenvalue weighted by atomic mass is 19.1. The highest BCUT2D eigenvalue weighted by Crippen LogP contribution is 2.23. The molecule has 26 heavy (non-hydrogen) atoms. The Balaban J connectivity index is 1.49. The van der Waals surface area contributed by atoms with Gasteiger partial charge >= 0.3 is 0 Å². The number of rotatable bonds is 4. The molecular formula is C20H22FN5. The number of likely N-dealkylation sites (N-methyl/N-ethyl adjacent to an activating group) is 1. The zero-order valence-electron chi connectivity index (χ0n) is 14.8. The summed E-state index contributed by atoms with van der Waals surface area (Å²) in [5.41, 5.74) is 2.83. The van der Waals surface area contributed by atoms with E-state index in [1.807, 2.05) is 24.4 Å². The third kappa shape index (κ3) is 3.66. The minimum absolute atomic E-state index is 0.230. The zero-order valence-corrected chi connectivity index (χ0v) is 14.8. The van der Waals surface area contributed by atoms with Gasteiger partial charge in [0.1, 0.15) is 11.6 Å². The molecule has 5 nitrogen and oxygen atoms in total. The van der Waals surface area contributed by atoms with Gasteiger partial charge in [0.25, 0.3) is 0 Å². The number of H-pyrrole nitrogens is 1. The lowest BCUT2D eigenvalue weighted by atomic mass is 10.1. The Hall–Kier alpha value is -2.57. The molecule has 1 atom stereocenters. The van der Waals surface area contributed by atoms with Crippen molar-refractivity contribution in [3.8, 4) is 11.3 Å². The molecule has 1 aromatic carbocycles. The number of hydrogen-bond acceptors (Lipinski definition) is 4. The van der Waals surface area contributed by atoms with Crippen LogP contribution in [0.4, 0.5) is 4.39 Å². The summed E-state index contributed by atoms with van der Waals surface area (Å²) in [5, 5.41) is 0. The molecule has 0 spiro atoms. The molecule has 0 saturated carbocycles. The molecule has 1 aliphatic rings. The molecule has 1 unspecified atom stereocenters. The second-order valence-corrected chi connectivity index (χ2v) is 6.73. The van der Waals surface area contributed by atoms with Crippen LogP contribution >= 0.6 is 0 Å². The first-order chi connectivity index (χ1) is 12.7. The highest BCUT2D eigenvalue weighted by molar-refractivity contribution is 5.58. The average molecular weight is 351 g/mol. The fourth-order valence-electron chi connectivity index (χ4n) is 3.41. The molecule has 1 fully saturated rings. The van der Waals surface area contributed by atoms with Crippen LogP contribution in [0.2, 0.25) is 0 Å². The van der Waals surface area contributed by atoms with Crippen molar-refractivity contribution in [2.24, 2.45) is 0 Å². The van der Waals surface area contributed by atoms with Crippen molar-refractivity contribution < 1.29 is 4.39 Å². The lowest BCUT2D eigenvalue weighted by Crippen LogP contribution is -2.46. The molecule has 0 aliphatic carbocycles. The largest absolute Gasteiger partial charge is 0.347 e. The quantitative estimate of drug-likeness (QED) is 0.785. The Bertz CT molecular complexity index is 847. The van der Waals surface area contributed by atoms with Crippen LogP contribution in [0.5, 0.6) is 0 Å². The van der Waals surface area contributed by atoms with Crippen LogP contribution in [0.25, 0.3) is 11.3 Å². The second kappa shape index (κ2) is 7.35. The molecule has 0 bridgehead atoms. The minimum atomic E-state index is -0.230. The van der Waals surface area contributed by atoms with Gasteiger partial charge in [0.05, 0.1) is 17.4 Å². The number of aromatic amines is 1. The average Bonchev–Trinajstić information content (AvgIpc) is 3.19. The molecular weight excluding hydrogens is 329 g/mol. The van der Waals surface area contributed by atoms with Gasteiger partial charge in [-0.25, -0.2) is 9.37 Å². The molecule has 6 heteroatoms. The number of halogens is 1. The van der Waals surface area contributed by atoms with Crippen LogP contribution in [-0.2, 0) is 6.54 Å². The van der Waals surface area contributed by atoms with Crippen LogP contribution in [-0.4, -0.2) is 51.4 Å². The molecule has 3 aromatic rings. The number of nitrogens with zero attached hydrogens (tertiary/aromatic N) is 4. The summed E-state index contributed by atoms with van der Waals surface area (Å²) in [6.45, 7) is 3.69. The van der Waals surface area contributed by atoms with Crippen LogP contribution < -0.4 is 0 Å². The Morgan fingerprint density at radius 2 is 2.00 bits per heavy atom. The van der Waals surface area contributed by atoms with Gasteiger partial charge in [0.15, 0.2) is 0 Å². The lowest BCUT2D eigenvalue weighted by Gasteiger charge is -2.38. The molecule has 134 valence electrons. The maximum Gasteiger partial charge on any atom is 0.124 e. The predicted octanol–water partition coefficient (Wildman–Crippen LogP) is 3.10. The van der Waals surface area contributed by atoms with Gasteiger partial charge in [0.2, 0.25) is 0 Å². The third-order valence-corrected chi connectivity index (χ3v) is 4.90. The van der Waals surface area contributed by atoms with E-state index >= 15 is 0 Å². The normalized spacial score (nSPS) is 18.9. The van der Waals surface area contributed by atoms with Crippen LogP contribution in [0.1, 0.15) is 17.6 Å². The van der Waals surface area contributed by atoms with Gasteiger partial charge in [-0.3, -0.25) is 14.8 Å². The number of piperazine rings is 1. The molecule has 0 radical (unpaired) electrons. The molecule has 4 rings (SSSR count). The van der Waals surface area contributed by atoms with E-state index in [1.54, 1.807) is 18.3 Å². The van der Waals surface area contributed by atoms with Crippen molar-refractivity contribution >= 4 is 0 Å². The van der Waals surface area contributed by atoms with Gasteiger partial charge in [-0.05, 0) is 43.4 Å². The first-order valence-corrected chi connectivity index (χ1v) is 8.83. The lowest BCUT2D eigenvalue weighted by molar-refractivity contribution is 0.0854. The standard InChI is InChI=1S/C20H22FN5/c1-25-11-12-26(14-19(25)20-22-9-10-23-20)13-17-3-2-4-18(24-17)15-5-7-16(21)8-6-15/h2-10,19H,11-14H2,1H3,(H,22,23). The van der Waals surface area contributed by atoms with E-state index in [0.717, 1.165) is 49.0 Å². The summed E-state index contributed by atoms with van der Waals surface area (Å²) >= 11 is 0. The van der Waals surface area contributed by atoms with E-state index in [-0.39, 0.29) is 11.9 Å². The Morgan fingerprint density at radius 3 is 2.77 bits per heavy atom. The smallest absolute Gasteiger partial charge is 0.124 e. The van der Waals surface area contributed by atoms with Crippen molar-refractivity contribution in [2.75, 3.05) is 26.7 Å². The molecule has 1 saturated heterocycles. The van der Waals surface area contributed by atoms with Gasteiger partial charge in [0, 0.05) is 44.1 Å². The summed E-state index contributed by atoms with van der Waals surface area (Å²) in [4.78, 5) is 17.2. The van der Waals surface area contributed by atoms with E-state index in [9.17, 15) is 4.39 Å². The van der Waals surface area contributed by atoms with E-state index in [4.69, 9.17) is 4.98 Å². The monoisotopic (exact) mass is 351 g/mol. The van der Waals surface area contributed by atoms with Crippen LogP contribution in [0.3, 0.4) is 0 Å². The first-order valence-electron chi connectivity index (χ1n) is 8.83. The number of nitrogens with one attached hydrogen (secondary N) is 1. The number of imidazole rings is 1.